The van der Waals surface area contributed by atoms with Crippen LogP contribution in [0, 0.1) is 6.92 Å². The van der Waals surface area contributed by atoms with Crippen LogP contribution in [0.15, 0.2) is 59.5 Å². The molecule has 1 atom stereocenters. The van der Waals surface area contributed by atoms with Crippen LogP contribution in [0.3, 0.4) is 0 Å². The lowest BCUT2D eigenvalue weighted by molar-refractivity contribution is -0.141. The fourth-order valence-corrected chi connectivity index (χ4v) is 3.06. The zero-order chi connectivity index (χ0) is 19.1. The highest BCUT2D eigenvalue weighted by molar-refractivity contribution is 7.98. The van der Waals surface area contributed by atoms with E-state index in [-0.39, 0.29) is 0 Å². The van der Waals surface area contributed by atoms with Gasteiger partial charge in [0.2, 0.25) is 0 Å². The van der Waals surface area contributed by atoms with Crippen LogP contribution in [-0.4, -0.2) is 19.9 Å². The summed E-state index contributed by atoms with van der Waals surface area (Å²) in [5, 5.41) is 9.20. The minimum Gasteiger partial charge on any atom is -0.256 e. The third-order valence-electron chi connectivity index (χ3n) is 3.83. The van der Waals surface area contributed by atoms with E-state index in [0.717, 1.165) is 11.6 Å². The molecule has 2 N–H and O–H groups in total. The van der Waals surface area contributed by atoms with Crippen molar-refractivity contribution in [2.24, 2.45) is 5.14 Å². The van der Waals surface area contributed by atoms with E-state index in [9.17, 15) is 17.4 Å². The molecule has 0 radical (unpaired) electrons. The first-order valence-electron chi connectivity index (χ1n) is 7.55. The molecule has 0 fully saturated rings. The Morgan fingerprint density at radius 2 is 1.65 bits per heavy atom. The van der Waals surface area contributed by atoms with Gasteiger partial charge in [-0.1, -0.05) is 29.8 Å². The molecule has 3 aromatic rings. The number of nitrogens with zero attached hydrogens (tertiary/aromatic N) is 2. The maximum absolute atomic E-state index is 13.2. The normalized spacial score (nSPS) is 14.2. The molecule has 8 heteroatoms. The Morgan fingerprint density at radius 3 is 2.15 bits per heavy atom. The Labute approximate surface area is 149 Å². The molecule has 136 valence electrons. The molecule has 0 bridgehead atoms. The maximum Gasteiger partial charge on any atom is 0.435 e. The Bertz CT molecular complexity index is 1030. The molecule has 0 saturated heterocycles. The maximum atomic E-state index is 13.2. The van der Waals surface area contributed by atoms with Crippen molar-refractivity contribution in [3.05, 3.63) is 65.9 Å². The van der Waals surface area contributed by atoms with Crippen LogP contribution in [0.2, 0.25) is 0 Å². The van der Waals surface area contributed by atoms with E-state index in [4.69, 9.17) is 5.14 Å². The van der Waals surface area contributed by atoms with Crippen LogP contribution >= 0.6 is 0 Å². The van der Waals surface area contributed by atoms with E-state index in [1.165, 1.54) is 28.9 Å². The molecule has 0 aliphatic heterocycles. The first-order chi connectivity index (χ1) is 12.1. The molecule has 26 heavy (non-hydrogen) atoms. The van der Waals surface area contributed by atoms with E-state index in [1.807, 2.05) is 19.1 Å². The van der Waals surface area contributed by atoms with Gasteiger partial charge in [0.15, 0.2) is 5.69 Å². The number of halogens is 3. The first kappa shape index (κ1) is 18.2. The van der Waals surface area contributed by atoms with Crippen molar-refractivity contribution in [1.29, 1.82) is 0 Å². The number of hydrogen-bond donors (Lipinski definition) is 1. The third-order valence-corrected chi connectivity index (χ3v) is 4.90. The van der Waals surface area contributed by atoms with Crippen molar-refractivity contribution in [2.45, 2.75) is 18.0 Å². The lowest BCUT2D eigenvalue weighted by atomic mass is 10.1. The molecule has 0 aliphatic rings. The van der Waals surface area contributed by atoms with Crippen molar-refractivity contribution in [3.8, 4) is 16.9 Å². The molecule has 0 aliphatic carbocycles. The highest BCUT2D eigenvalue weighted by Crippen LogP contribution is 2.33. The zero-order valence-corrected chi connectivity index (χ0v) is 14.6. The Morgan fingerprint density at radius 1 is 1.08 bits per heavy atom. The van der Waals surface area contributed by atoms with Crippen LogP contribution in [0.4, 0.5) is 13.2 Å². The standard InChI is InChI=1S/C18H16F3N3OS/c1-12-3-5-13(6-4-12)16-11-17(18(19,20)21)23-24(16)14-7-9-15(10-8-14)26(2,22)25/h3-11H,2H2,1H3,(H2,22,25). The largest absolute Gasteiger partial charge is 0.435 e. The quantitative estimate of drug-likeness (QED) is 0.704. The molecule has 0 spiro atoms. The minimum atomic E-state index is -4.57. The highest BCUT2D eigenvalue weighted by Gasteiger charge is 2.35. The van der Waals surface area contributed by atoms with E-state index in [2.05, 4.69) is 11.0 Å². The number of hydrogen-bond acceptors (Lipinski definition) is 2. The van der Waals surface area contributed by atoms with Crippen molar-refractivity contribution in [2.75, 3.05) is 0 Å². The highest BCUT2D eigenvalue weighted by atomic mass is 32.2. The van der Waals surface area contributed by atoms with Crippen molar-refractivity contribution >= 4 is 15.6 Å². The van der Waals surface area contributed by atoms with Gasteiger partial charge in [0.05, 0.1) is 21.1 Å². The molecule has 1 heterocycles. The monoisotopic (exact) mass is 379 g/mol. The second-order valence-electron chi connectivity index (χ2n) is 5.91. The van der Waals surface area contributed by atoms with E-state index in [1.54, 1.807) is 12.1 Å². The summed E-state index contributed by atoms with van der Waals surface area (Å²) in [6, 6.07) is 14.1. The van der Waals surface area contributed by atoms with Crippen molar-refractivity contribution in [3.63, 3.8) is 0 Å². The predicted octanol–water partition coefficient (Wildman–Crippen LogP) is 3.82. The zero-order valence-electron chi connectivity index (χ0n) is 13.8. The van der Waals surface area contributed by atoms with Gasteiger partial charge in [-0.05, 0) is 43.1 Å². The smallest absolute Gasteiger partial charge is 0.256 e. The number of benzene rings is 2. The molecular formula is C18H16F3N3OS. The summed E-state index contributed by atoms with van der Waals surface area (Å²) in [4.78, 5) is 0.307. The molecule has 1 unspecified atom stereocenters. The molecule has 1 aromatic heterocycles. The number of rotatable bonds is 3. The average molecular weight is 379 g/mol. The van der Waals surface area contributed by atoms with Gasteiger partial charge in [-0.3, -0.25) is 5.14 Å². The molecule has 0 amide bonds. The fraction of sp³-hybridized carbons (Fsp3) is 0.111. The van der Waals surface area contributed by atoms with Gasteiger partial charge in [-0.25, -0.2) is 8.89 Å². The Kier molecular flexibility index (Phi) is 4.41. The van der Waals surface area contributed by atoms with Crippen molar-refractivity contribution in [1.82, 2.24) is 9.78 Å². The van der Waals surface area contributed by atoms with Gasteiger partial charge in [-0.2, -0.15) is 18.3 Å². The summed E-state index contributed by atoms with van der Waals surface area (Å²) >= 11 is 0. The average Bonchev–Trinajstić information content (AvgIpc) is 3.00. The van der Waals surface area contributed by atoms with Gasteiger partial charge in [0.1, 0.15) is 0 Å². The summed E-state index contributed by atoms with van der Waals surface area (Å²) in [7, 11) is -2.90. The Hall–Kier alpha value is -2.58. The summed E-state index contributed by atoms with van der Waals surface area (Å²) in [6.45, 7) is 1.89. The lowest BCUT2D eigenvalue weighted by Crippen LogP contribution is -2.12. The molecule has 2 aromatic carbocycles. The fourth-order valence-electron chi connectivity index (χ4n) is 2.46. The van der Waals surface area contributed by atoms with Crippen LogP contribution in [0.5, 0.6) is 0 Å². The summed E-state index contributed by atoms with van der Waals surface area (Å²) < 4.78 is 52.5. The van der Waals surface area contributed by atoms with E-state index >= 15 is 0 Å². The molecule has 3 rings (SSSR count). The van der Waals surface area contributed by atoms with E-state index in [0.29, 0.717) is 21.8 Å². The number of nitrogens with two attached hydrogens (primary N) is 1. The molecular weight excluding hydrogens is 363 g/mol. The molecule has 4 nitrogen and oxygen atoms in total. The van der Waals surface area contributed by atoms with Crippen LogP contribution in [-0.2, 0) is 15.9 Å². The van der Waals surface area contributed by atoms with Crippen molar-refractivity contribution < 1.29 is 17.4 Å². The Balaban J connectivity index is 2.16. The van der Waals surface area contributed by atoms with Gasteiger partial charge < -0.3 is 0 Å². The third kappa shape index (κ3) is 3.66. The van der Waals surface area contributed by atoms with Gasteiger partial charge in [0, 0.05) is 10.5 Å². The number of alkyl halides is 3. The van der Waals surface area contributed by atoms with Gasteiger partial charge >= 0.3 is 6.18 Å². The summed E-state index contributed by atoms with van der Waals surface area (Å²) in [5.41, 5.74) is 1.30. The van der Waals surface area contributed by atoms with Gasteiger partial charge in [0.25, 0.3) is 0 Å². The summed E-state index contributed by atoms with van der Waals surface area (Å²) in [5.74, 6) is 3.39. The number of aromatic nitrogens is 2. The SMILES string of the molecule is C=S(N)(=O)c1ccc(-n2nc(C(F)(F)F)cc2-c2ccc(C)cc2)cc1. The molecule has 0 saturated carbocycles. The topological polar surface area (TPSA) is 60.9 Å². The van der Waals surface area contributed by atoms with Crippen LogP contribution in [0.1, 0.15) is 11.3 Å². The van der Waals surface area contributed by atoms with Gasteiger partial charge in [-0.15, -0.1) is 0 Å². The predicted molar refractivity (Wildman–Crippen MR) is 96.5 cm³/mol. The first-order valence-corrected chi connectivity index (χ1v) is 9.34. The van der Waals surface area contributed by atoms with Crippen LogP contribution in [0.25, 0.3) is 16.9 Å². The second kappa shape index (κ2) is 6.30. The van der Waals surface area contributed by atoms with E-state index < -0.39 is 21.6 Å². The summed E-state index contributed by atoms with van der Waals surface area (Å²) in [6.07, 6.45) is -4.57. The van der Waals surface area contributed by atoms with Crippen LogP contribution < -0.4 is 5.14 Å². The lowest BCUT2D eigenvalue weighted by Gasteiger charge is -2.09. The second-order valence-corrected chi connectivity index (χ2v) is 7.83. The number of aryl methyl sites for hydroxylation is 1. The minimum absolute atomic E-state index is 0.299.